The second-order valence-corrected chi connectivity index (χ2v) is 7.78. The van der Waals surface area contributed by atoms with Gasteiger partial charge in [-0.2, -0.15) is 0 Å². The zero-order valence-electron chi connectivity index (χ0n) is 17.4. The number of carbonyl (C=O) groups excluding carboxylic acids is 1. The Hall–Kier alpha value is -3.39. The molecule has 0 radical (unpaired) electrons. The van der Waals surface area contributed by atoms with Gasteiger partial charge >= 0.3 is 0 Å². The van der Waals surface area contributed by atoms with Crippen LogP contribution in [-0.2, 0) is 0 Å². The number of nitrogens with one attached hydrogen (secondary N) is 3. The average molecular weight is 423 g/mol. The number of rotatable bonds is 7. The number of nitrogens with two attached hydrogens (primary N) is 1. The first-order chi connectivity index (χ1) is 15.0. The molecule has 0 spiro atoms. The average Bonchev–Trinajstić information content (AvgIpc) is 3.31. The van der Waals surface area contributed by atoms with Crippen LogP contribution in [0.15, 0.2) is 54.9 Å². The standard InChI is InChI=1S/C23H27FN6O/c1-26-19-9-2-3-10-20(19)28-23-18(24)14-17(21(25)31)22(29-23)27-15-7-6-8-16(13-15)30-11-4-5-12-30/h4-8,11-14,19-20,26H,2-3,9-10H2,1H3,(H2,25,31)(H2,27,28,29). The molecule has 31 heavy (non-hydrogen) atoms. The minimum Gasteiger partial charge on any atom is -0.365 e. The predicted octanol–water partition coefficient (Wildman–Crippen LogP) is 3.80. The van der Waals surface area contributed by atoms with Crippen LogP contribution in [0.1, 0.15) is 36.0 Å². The maximum absolute atomic E-state index is 14.8. The lowest BCUT2D eigenvalue weighted by molar-refractivity contribution is 0.100. The van der Waals surface area contributed by atoms with Crippen LogP contribution in [-0.4, -0.2) is 34.6 Å². The molecule has 0 saturated heterocycles. The Bertz CT molecular complexity index is 1050. The minimum absolute atomic E-state index is 0.00299. The highest BCUT2D eigenvalue weighted by molar-refractivity contribution is 5.98. The largest absolute Gasteiger partial charge is 0.365 e. The van der Waals surface area contributed by atoms with Gasteiger partial charge in [-0.15, -0.1) is 0 Å². The normalized spacial score (nSPS) is 18.5. The molecule has 1 aromatic carbocycles. The second kappa shape index (κ2) is 9.18. The molecule has 1 aliphatic rings. The molecule has 0 bridgehead atoms. The molecule has 5 N–H and O–H groups in total. The Labute approximate surface area is 180 Å². The first kappa shape index (κ1) is 20.9. The van der Waals surface area contributed by atoms with E-state index in [9.17, 15) is 9.18 Å². The monoisotopic (exact) mass is 422 g/mol. The third-order valence-corrected chi connectivity index (χ3v) is 5.71. The van der Waals surface area contributed by atoms with Crippen molar-refractivity contribution >= 4 is 23.2 Å². The predicted molar refractivity (Wildman–Crippen MR) is 120 cm³/mol. The number of likely N-dealkylation sites (N-methyl/N-ethyl adjacent to an activating group) is 1. The topological polar surface area (TPSA) is 97.0 Å². The summed E-state index contributed by atoms with van der Waals surface area (Å²) in [6.07, 6.45) is 8.04. The van der Waals surface area contributed by atoms with Gasteiger partial charge < -0.3 is 26.3 Å². The lowest BCUT2D eigenvalue weighted by Gasteiger charge is -2.32. The molecule has 1 amide bonds. The number of nitrogens with zero attached hydrogens (tertiary/aromatic N) is 2. The van der Waals surface area contributed by atoms with Crippen molar-refractivity contribution in [3.63, 3.8) is 0 Å². The van der Waals surface area contributed by atoms with Crippen molar-refractivity contribution in [2.24, 2.45) is 5.73 Å². The molecule has 2 aromatic heterocycles. The van der Waals surface area contributed by atoms with Crippen LogP contribution in [0.4, 0.5) is 21.7 Å². The highest BCUT2D eigenvalue weighted by Gasteiger charge is 2.26. The summed E-state index contributed by atoms with van der Waals surface area (Å²) < 4.78 is 16.7. The fourth-order valence-electron chi connectivity index (χ4n) is 4.09. The summed E-state index contributed by atoms with van der Waals surface area (Å²) in [4.78, 5) is 16.4. The van der Waals surface area contributed by atoms with E-state index in [0.717, 1.165) is 37.4 Å². The molecule has 7 nitrogen and oxygen atoms in total. The maximum atomic E-state index is 14.8. The number of anilines is 3. The van der Waals surface area contributed by atoms with Crippen molar-refractivity contribution in [1.82, 2.24) is 14.9 Å². The van der Waals surface area contributed by atoms with Gasteiger partial charge in [-0.25, -0.2) is 9.37 Å². The second-order valence-electron chi connectivity index (χ2n) is 7.78. The first-order valence-electron chi connectivity index (χ1n) is 10.5. The molecule has 8 heteroatoms. The highest BCUT2D eigenvalue weighted by Crippen LogP contribution is 2.27. The summed E-state index contributed by atoms with van der Waals surface area (Å²) in [5.41, 5.74) is 7.16. The molecule has 0 aliphatic heterocycles. The van der Waals surface area contributed by atoms with Crippen LogP contribution in [0.3, 0.4) is 0 Å². The Morgan fingerprint density at radius 1 is 1.10 bits per heavy atom. The van der Waals surface area contributed by atoms with Crippen molar-refractivity contribution in [3.05, 3.63) is 66.2 Å². The molecule has 1 fully saturated rings. The van der Waals surface area contributed by atoms with Crippen molar-refractivity contribution in [3.8, 4) is 5.69 Å². The lowest BCUT2D eigenvalue weighted by atomic mass is 9.90. The number of halogens is 1. The summed E-state index contributed by atoms with van der Waals surface area (Å²) in [6.45, 7) is 0. The van der Waals surface area contributed by atoms with Gasteiger partial charge in [0, 0.05) is 35.9 Å². The Kier molecular flexibility index (Phi) is 6.18. The van der Waals surface area contributed by atoms with Gasteiger partial charge in [0.05, 0.1) is 5.56 Å². The van der Waals surface area contributed by atoms with Crippen molar-refractivity contribution in [1.29, 1.82) is 0 Å². The summed E-state index contributed by atoms with van der Waals surface area (Å²) in [5.74, 6) is -1.01. The maximum Gasteiger partial charge on any atom is 0.252 e. The van der Waals surface area contributed by atoms with Gasteiger partial charge in [0.2, 0.25) is 0 Å². The first-order valence-corrected chi connectivity index (χ1v) is 10.5. The van der Waals surface area contributed by atoms with E-state index in [1.807, 2.05) is 60.4 Å². The number of amides is 1. The van der Waals surface area contributed by atoms with E-state index in [2.05, 4.69) is 20.9 Å². The summed E-state index contributed by atoms with van der Waals surface area (Å²) in [5, 5.41) is 9.66. The number of aromatic nitrogens is 2. The fourth-order valence-corrected chi connectivity index (χ4v) is 4.09. The van der Waals surface area contributed by atoms with Gasteiger partial charge in [0.25, 0.3) is 5.91 Å². The smallest absolute Gasteiger partial charge is 0.252 e. The Morgan fingerprint density at radius 3 is 2.55 bits per heavy atom. The third-order valence-electron chi connectivity index (χ3n) is 5.71. The van der Waals surface area contributed by atoms with Crippen LogP contribution in [0.5, 0.6) is 0 Å². The van der Waals surface area contributed by atoms with E-state index in [4.69, 9.17) is 5.73 Å². The van der Waals surface area contributed by atoms with Crippen LogP contribution in [0.2, 0.25) is 0 Å². The third kappa shape index (κ3) is 4.69. The van der Waals surface area contributed by atoms with Crippen LogP contribution < -0.4 is 21.7 Å². The number of hydrogen-bond donors (Lipinski definition) is 4. The molecule has 1 saturated carbocycles. The quantitative estimate of drug-likeness (QED) is 0.464. The molecule has 162 valence electrons. The van der Waals surface area contributed by atoms with E-state index in [1.165, 1.54) is 0 Å². The van der Waals surface area contributed by atoms with Gasteiger partial charge in [0.1, 0.15) is 5.82 Å². The zero-order chi connectivity index (χ0) is 21.8. The summed E-state index contributed by atoms with van der Waals surface area (Å²) in [7, 11) is 1.91. The molecule has 1 aliphatic carbocycles. The highest BCUT2D eigenvalue weighted by atomic mass is 19.1. The molecular weight excluding hydrogens is 395 g/mol. The van der Waals surface area contributed by atoms with Gasteiger partial charge in [-0.3, -0.25) is 4.79 Å². The van der Waals surface area contributed by atoms with Gasteiger partial charge in [0.15, 0.2) is 11.6 Å². The summed E-state index contributed by atoms with van der Waals surface area (Å²) >= 11 is 0. The Morgan fingerprint density at radius 2 is 1.84 bits per heavy atom. The van der Waals surface area contributed by atoms with E-state index < -0.39 is 11.7 Å². The Balaban J connectivity index is 1.64. The minimum atomic E-state index is -0.743. The van der Waals surface area contributed by atoms with Crippen LogP contribution in [0, 0.1) is 5.82 Å². The number of benzene rings is 1. The van der Waals surface area contributed by atoms with Crippen molar-refractivity contribution < 1.29 is 9.18 Å². The van der Waals surface area contributed by atoms with Crippen molar-refractivity contribution in [2.75, 3.05) is 17.7 Å². The van der Waals surface area contributed by atoms with Gasteiger partial charge in [-0.1, -0.05) is 18.9 Å². The molecular formula is C23H27FN6O. The molecule has 3 aromatic rings. The molecule has 4 rings (SSSR count). The number of hydrogen-bond acceptors (Lipinski definition) is 5. The SMILES string of the molecule is CNC1CCCCC1Nc1nc(Nc2cccc(-n3cccc3)c2)c(C(N)=O)cc1F. The fraction of sp³-hybridized carbons (Fsp3) is 0.304. The number of pyridine rings is 1. The molecule has 2 atom stereocenters. The lowest BCUT2D eigenvalue weighted by Crippen LogP contribution is -2.45. The molecule has 2 unspecified atom stereocenters. The van der Waals surface area contributed by atoms with Gasteiger partial charge in [-0.05, 0) is 56.3 Å². The van der Waals surface area contributed by atoms with Crippen LogP contribution >= 0.6 is 0 Å². The molecule has 2 heterocycles. The summed E-state index contributed by atoms with van der Waals surface area (Å²) in [6, 6.07) is 13.0. The van der Waals surface area contributed by atoms with Crippen LogP contribution in [0.25, 0.3) is 5.69 Å². The van der Waals surface area contributed by atoms with E-state index in [1.54, 1.807) is 0 Å². The van der Waals surface area contributed by atoms with E-state index in [0.29, 0.717) is 5.69 Å². The van der Waals surface area contributed by atoms with E-state index >= 15 is 0 Å². The number of carbonyl (C=O) groups is 1. The number of primary amides is 1. The zero-order valence-corrected chi connectivity index (χ0v) is 17.4. The van der Waals surface area contributed by atoms with E-state index in [-0.39, 0.29) is 29.3 Å². The van der Waals surface area contributed by atoms with Crippen molar-refractivity contribution in [2.45, 2.75) is 37.8 Å².